The van der Waals surface area contributed by atoms with Crippen LogP contribution in [0.1, 0.15) is 53.6 Å². The van der Waals surface area contributed by atoms with Crippen molar-refractivity contribution in [1.82, 2.24) is 9.88 Å². The Hall–Kier alpha value is -1.58. The fraction of sp³-hybridized carbons (Fsp3) is 0.571. The predicted molar refractivity (Wildman–Crippen MR) is 69.7 cm³/mol. The van der Waals surface area contributed by atoms with E-state index in [0.717, 1.165) is 12.7 Å². The Morgan fingerprint density at radius 3 is 2.72 bits per heavy atom. The van der Waals surface area contributed by atoms with E-state index in [1.54, 1.807) is 12.1 Å². The molecular weight excluding hydrogens is 228 g/mol. The summed E-state index contributed by atoms with van der Waals surface area (Å²) in [7, 11) is 1.86. The largest absolute Gasteiger partial charge is 0.348 e. The van der Waals surface area contributed by atoms with Gasteiger partial charge in [0.1, 0.15) is 5.69 Å². The molecule has 0 aromatic carbocycles. The molecule has 1 fully saturated rings. The summed E-state index contributed by atoms with van der Waals surface area (Å²) in [6, 6.07) is 3.63. The van der Waals surface area contributed by atoms with Gasteiger partial charge in [0.15, 0.2) is 6.29 Å². The number of aromatic nitrogens is 1. The van der Waals surface area contributed by atoms with Crippen LogP contribution in [0.2, 0.25) is 0 Å². The maximum atomic E-state index is 12.3. The third-order valence-electron chi connectivity index (χ3n) is 3.95. The molecule has 1 aliphatic carbocycles. The van der Waals surface area contributed by atoms with Gasteiger partial charge in [0.2, 0.25) is 0 Å². The van der Waals surface area contributed by atoms with Crippen LogP contribution in [0.15, 0.2) is 12.1 Å². The lowest BCUT2D eigenvalue weighted by Gasteiger charge is -2.36. The van der Waals surface area contributed by atoms with Crippen LogP contribution in [0.5, 0.6) is 0 Å². The van der Waals surface area contributed by atoms with Gasteiger partial charge in [-0.15, -0.1) is 0 Å². The zero-order valence-electron chi connectivity index (χ0n) is 11.0. The lowest BCUT2D eigenvalue weighted by atomic mass is 9.85. The number of hydrogen-bond donors (Lipinski definition) is 1. The number of carbonyl (C=O) groups excluding carboxylic acids is 2. The van der Waals surface area contributed by atoms with Crippen LogP contribution < -0.4 is 0 Å². The molecule has 1 saturated carbocycles. The molecule has 0 aliphatic heterocycles. The average molecular weight is 248 g/mol. The summed E-state index contributed by atoms with van der Waals surface area (Å²) >= 11 is 0. The van der Waals surface area contributed by atoms with Gasteiger partial charge in [0.05, 0.1) is 5.69 Å². The molecule has 0 saturated heterocycles. The molecule has 0 unspecified atom stereocenters. The van der Waals surface area contributed by atoms with Crippen molar-refractivity contribution in [2.45, 2.75) is 38.6 Å². The number of nitrogens with zero attached hydrogens (tertiary/aromatic N) is 1. The molecule has 4 nitrogen and oxygen atoms in total. The van der Waals surface area contributed by atoms with Crippen LogP contribution in [0.25, 0.3) is 0 Å². The number of rotatable bonds is 3. The Morgan fingerprint density at radius 1 is 1.39 bits per heavy atom. The highest BCUT2D eigenvalue weighted by atomic mass is 16.2. The van der Waals surface area contributed by atoms with Crippen molar-refractivity contribution in [3.05, 3.63) is 23.5 Å². The number of aromatic amines is 1. The fourth-order valence-corrected chi connectivity index (χ4v) is 2.82. The molecular formula is C14H20N2O2. The minimum atomic E-state index is -0.0261. The molecule has 1 aromatic rings. The van der Waals surface area contributed by atoms with Gasteiger partial charge in [-0.05, 0) is 30.9 Å². The van der Waals surface area contributed by atoms with Crippen molar-refractivity contribution in [2.75, 3.05) is 7.05 Å². The third kappa shape index (κ3) is 2.47. The number of H-pyrrole nitrogens is 1. The normalized spacial score (nSPS) is 23.7. The molecule has 2 rings (SSSR count). The number of amides is 1. The van der Waals surface area contributed by atoms with E-state index in [0.29, 0.717) is 23.3 Å². The van der Waals surface area contributed by atoms with Gasteiger partial charge in [-0.1, -0.05) is 19.8 Å². The minimum Gasteiger partial charge on any atom is -0.348 e. The van der Waals surface area contributed by atoms with Crippen LogP contribution in [0.4, 0.5) is 0 Å². The van der Waals surface area contributed by atoms with E-state index >= 15 is 0 Å². The molecule has 1 aliphatic rings. The van der Waals surface area contributed by atoms with E-state index in [1.165, 1.54) is 19.3 Å². The number of nitrogens with one attached hydrogen (secondary N) is 1. The van der Waals surface area contributed by atoms with Gasteiger partial charge in [0, 0.05) is 13.1 Å². The predicted octanol–water partition coefficient (Wildman–Crippen LogP) is 2.48. The lowest BCUT2D eigenvalue weighted by molar-refractivity contribution is 0.0624. The van der Waals surface area contributed by atoms with Crippen LogP contribution in [0, 0.1) is 5.92 Å². The number of hydrogen-bond acceptors (Lipinski definition) is 2. The van der Waals surface area contributed by atoms with Crippen molar-refractivity contribution in [1.29, 1.82) is 0 Å². The van der Waals surface area contributed by atoms with Gasteiger partial charge in [0.25, 0.3) is 5.91 Å². The van der Waals surface area contributed by atoms with Gasteiger partial charge in [-0.2, -0.15) is 0 Å². The van der Waals surface area contributed by atoms with Gasteiger partial charge >= 0.3 is 0 Å². The molecule has 0 radical (unpaired) electrons. The van der Waals surface area contributed by atoms with E-state index < -0.39 is 0 Å². The second-order valence-electron chi connectivity index (χ2n) is 5.19. The summed E-state index contributed by atoms with van der Waals surface area (Å²) in [6.07, 6.45) is 5.44. The summed E-state index contributed by atoms with van der Waals surface area (Å²) in [5.74, 6) is 0.523. The Morgan fingerprint density at radius 2 is 2.11 bits per heavy atom. The first kappa shape index (κ1) is 12.9. The zero-order chi connectivity index (χ0) is 13.1. The highest BCUT2D eigenvalue weighted by Gasteiger charge is 2.28. The SMILES string of the molecule is C[C@H]1CCCC[C@@H]1N(C)C(=O)c1ccc(C=O)[nH]1. The third-order valence-corrected chi connectivity index (χ3v) is 3.95. The Balaban J connectivity index is 2.09. The zero-order valence-corrected chi connectivity index (χ0v) is 11.0. The Kier molecular flexibility index (Phi) is 3.84. The second-order valence-corrected chi connectivity index (χ2v) is 5.19. The van der Waals surface area contributed by atoms with Crippen LogP contribution in [0.3, 0.4) is 0 Å². The topological polar surface area (TPSA) is 53.2 Å². The molecule has 18 heavy (non-hydrogen) atoms. The summed E-state index contributed by atoms with van der Waals surface area (Å²) in [4.78, 5) is 27.6. The smallest absolute Gasteiger partial charge is 0.270 e. The van der Waals surface area contributed by atoms with Crippen molar-refractivity contribution in [3.8, 4) is 0 Å². The summed E-state index contributed by atoms with van der Waals surface area (Å²) < 4.78 is 0. The minimum absolute atomic E-state index is 0.0261. The maximum absolute atomic E-state index is 12.3. The first-order valence-corrected chi connectivity index (χ1v) is 6.55. The standard InChI is InChI=1S/C14H20N2O2/c1-10-5-3-4-6-13(10)16(2)14(18)12-8-7-11(9-17)15-12/h7-10,13,15H,3-6H2,1-2H3/t10-,13-/m0/s1. The van der Waals surface area contributed by atoms with Crippen molar-refractivity contribution < 1.29 is 9.59 Å². The highest BCUT2D eigenvalue weighted by Crippen LogP contribution is 2.28. The molecule has 1 heterocycles. The van der Waals surface area contributed by atoms with Crippen LogP contribution in [-0.4, -0.2) is 35.2 Å². The first-order valence-electron chi connectivity index (χ1n) is 6.55. The van der Waals surface area contributed by atoms with Gasteiger partial charge < -0.3 is 9.88 Å². The number of aldehydes is 1. The quantitative estimate of drug-likeness (QED) is 0.835. The van der Waals surface area contributed by atoms with Crippen molar-refractivity contribution in [3.63, 3.8) is 0 Å². The molecule has 2 atom stereocenters. The maximum Gasteiger partial charge on any atom is 0.270 e. The first-order chi connectivity index (χ1) is 8.63. The second kappa shape index (κ2) is 5.38. The molecule has 1 aromatic heterocycles. The van der Waals surface area contributed by atoms with Gasteiger partial charge in [-0.3, -0.25) is 9.59 Å². The summed E-state index contributed by atoms with van der Waals surface area (Å²) in [6.45, 7) is 2.21. The monoisotopic (exact) mass is 248 g/mol. The molecule has 1 N–H and O–H groups in total. The average Bonchev–Trinajstić information content (AvgIpc) is 2.86. The Labute approximate surface area is 107 Å². The Bertz CT molecular complexity index is 439. The highest BCUT2D eigenvalue weighted by molar-refractivity contribution is 5.93. The summed E-state index contributed by atoms with van der Waals surface area (Å²) in [5.41, 5.74) is 0.945. The fourth-order valence-electron chi connectivity index (χ4n) is 2.82. The molecule has 1 amide bonds. The molecule has 0 spiro atoms. The van der Waals surface area contributed by atoms with E-state index in [4.69, 9.17) is 0 Å². The molecule has 4 heteroatoms. The van der Waals surface area contributed by atoms with E-state index in [-0.39, 0.29) is 5.91 Å². The lowest BCUT2D eigenvalue weighted by Crippen LogP contribution is -2.42. The van der Waals surface area contributed by atoms with E-state index in [9.17, 15) is 9.59 Å². The van der Waals surface area contributed by atoms with Crippen molar-refractivity contribution in [2.24, 2.45) is 5.92 Å². The molecule has 0 bridgehead atoms. The van der Waals surface area contributed by atoms with Crippen molar-refractivity contribution >= 4 is 12.2 Å². The van der Waals surface area contributed by atoms with Crippen LogP contribution >= 0.6 is 0 Å². The van der Waals surface area contributed by atoms with Crippen LogP contribution in [-0.2, 0) is 0 Å². The molecule has 98 valence electrons. The number of carbonyl (C=O) groups is 2. The van der Waals surface area contributed by atoms with E-state index in [1.807, 2.05) is 11.9 Å². The van der Waals surface area contributed by atoms with Gasteiger partial charge in [-0.25, -0.2) is 0 Å². The van der Waals surface area contributed by atoms with E-state index in [2.05, 4.69) is 11.9 Å². The summed E-state index contributed by atoms with van der Waals surface area (Å²) in [5, 5.41) is 0.